The largest absolute Gasteiger partial charge is 0.343 e. The Bertz CT molecular complexity index is 1100. The molecule has 3 rings (SSSR count). The number of aryl methyl sites for hydroxylation is 3. The van der Waals surface area contributed by atoms with Crippen LogP contribution in [0.1, 0.15) is 27.0 Å². The first-order chi connectivity index (χ1) is 15.3. The van der Waals surface area contributed by atoms with Crippen LogP contribution in [0.15, 0.2) is 66.7 Å². The maximum Gasteiger partial charge on any atom is 0.323 e. The molecule has 0 atom stereocenters. The summed E-state index contributed by atoms with van der Waals surface area (Å²) in [5, 5.41) is 10.9. The Balaban J connectivity index is 1.50. The third-order valence-electron chi connectivity index (χ3n) is 4.79. The van der Waals surface area contributed by atoms with Gasteiger partial charge in [0.15, 0.2) is 0 Å². The molecule has 0 unspecified atom stereocenters. The predicted molar refractivity (Wildman–Crippen MR) is 127 cm³/mol. The van der Waals surface area contributed by atoms with Crippen molar-refractivity contribution in [3.8, 4) is 0 Å². The normalized spacial score (nSPS) is 10.2. The molecule has 0 spiro atoms. The molecule has 7 nitrogen and oxygen atoms in total. The number of carbonyl (C=O) groups is 3. The van der Waals surface area contributed by atoms with Crippen molar-refractivity contribution in [1.82, 2.24) is 5.32 Å². The van der Waals surface area contributed by atoms with E-state index in [1.165, 1.54) is 0 Å². The van der Waals surface area contributed by atoms with Crippen LogP contribution in [0.5, 0.6) is 0 Å². The minimum atomic E-state index is -0.383. The van der Waals surface area contributed by atoms with Crippen LogP contribution >= 0.6 is 0 Å². The molecule has 0 fully saturated rings. The van der Waals surface area contributed by atoms with Crippen LogP contribution in [0.2, 0.25) is 0 Å². The second-order valence-corrected chi connectivity index (χ2v) is 7.53. The lowest BCUT2D eigenvalue weighted by Gasteiger charge is -2.13. The summed E-state index contributed by atoms with van der Waals surface area (Å²) in [4.78, 5) is 36.7. The van der Waals surface area contributed by atoms with Crippen molar-refractivity contribution < 1.29 is 14.4 Å². The first-order valence-electron chi connectivity index (χ1n) is 10.2. The summed E-state index contributed by atoms with van der Waals surface area (Å²) in [6.07, 6.45) is 0. The third-order valence-corrected chi connectivity index (χ3v) is 4.79. The topological polar surface area (TPSA) is 99.3 Å². The Hall–Kier alpha value is -4.13. The van der Waals surface area contributed by atoms with Gasteiger partial charge in [-0.2, -0.15) is 0 Å². The van der Waals surface area contributed by atoms with Crippen molar-refractivity contribution in [2.24, 2.45) is 0 Å². The highest BCUT2D eigenvalue weighted by molar-refractivity contribution is 6.01. The van der Waals surface area contributed by atoms with E-state index in [0.717, 1.165) is 22.4 Å². The van der Waals surface area contributed by atoms with Crippen molar-refractivity contribution in [2.45, 2.75) is 20.8 Å². The zero-order valence-corrected chi connectivity index (χ0v) is 18.3. The zero-order chi connectivity index (χ0) is 23.1. The molecule has 4 amide bonds. The zero-order valence-electron chi connectivity index (χ0n) is 18.3. The highest BCUT2D eigenvalue weighted by Crippen LogP contribution is 2.21. The van der Waals surface area contributed by atoms with Crippen LogP contribution in [0, 0.1) is 20.8 Å². The maximum absolute atomic E-state index is 12.4. The molecule has 0 aliphatic heterocycles. The van der Waals surface area contributed by atoms with E-state index in [1.807, 2.05) is 51.1 Å². The molecule has 0 aliphatic rings. The second-order valence-electron chi connectivity index (χ2n) is 7.53. The van der Waals surface area contributed by atoms with Gasteiger partial charge in [-0.15, -0.1) is 0 Å². The molecule has 4 N–H and O–H groups in total. The van der Waals surface area contributed by atoms with Gasteiger partial charge in [0.1, 0.15) is 0 Å². The van der Waals surface area contributed by atoms with Crippen molar-refractivity contribution in [3.05, 3.63) is 89.0 Å². The first kappa shape index (κ1) is 22.6. The molecule has 0 saturated heterocycles. The Kier molecular flexibility index (Phi) is 7.23. The lowest BCUT2D eigenvalue weighted by Crippen LogP contribution is -2.33. The number of carbonyl (C=O) groups excluding carboxylic acids is 3. The highest BCUT2D eigenvalue weighted by atomic mass is 16.2. The number of nitrogens with one attached hydrogen (secondary N) is 4. The van der Waals surface area contributed by atoms with E-state index in [0.29, 0.717) is 16.9 Å². The van der Waals surface area contributed by atoms with Crippen LogP contribution in [-0.2, 0) is 4.79 Å². The molecule has 3 aromatic carbocycles. The number of benzene rings is 3. The Morgan fingerprint density at radius 2 is 1.28 bits per heavy atom. The molecule has 0 bridgehead atoms. The lowest BCUT2D eigenvalue weighted by molar-refractivity contribution is -0.115. The third kappa shape index (κ3) is 6.18. The van der Waals surface area contributed by atoms with E-state index >= 15 is 0 Å². The molecule has 32 heavy (non-hydrogen) atoms. The van der Waals surface area contributed by atoms with Crippen LogP contribution in [-0.4, -0.2) is 24.4 Å². The van der Waals surface area contributed by atoms with E-state index < -0.39 is 0 Å². The van der Waals surface area contributed by atoms with E-state index in [9.17, 15) is 14.4 Å². The molecular weight excluding hydrogens is 404 g/mol. The summed E-state index contributed by atoms with van der Waals surface area (Å²) in [7, 11) is 0. The summed E-state index contributed by atoms with van der Waals surface area (Å²) in [6.45, 7) is 5.72. The number of para-hydroxylation sites is 1. The van der Waals surface area contributed by atoms with Crippen LogP contribution in [0.4, 0.5) is 21.9 Å². The second kappa shape index (κ2) is 10.3. The van der Waals surface area contributed by atoms with Gasteiger partial charge in [0.05, 0.1) is 6.54 Å². The van der Waals surface area contributed by atoms with E-state index in [-0.39, 0.29) is 24.4 Å². The van der Waals surface area contributed by atoms with Crippen LogP contribution < -0.4 is 21.3 Å². The molecule has 164 valence electrons. The average molecular weight is 431 g/mol. The van der Waals surface area contributed by atoms with Crippen LogP contribution in [0.25, 0.3) is 0 Å². The lowest BCUT2D eigenvalue weighted by atomic mass is 10.1. The van der Waals surface area contributed by atoms with Gasteiger partial charge in [-0.05, 0) is 68.3 Å². The molecule has 7 heteroatoms. The summed E-state index contributed by atoms with van der Waals surface area (Å²) in [5.41, 5.74) is 5.44. The van der Waals surface area contributed by atoms with E-state index in [2.05, 4.69) is 21.3 Å². The molecular formula is C25H26N4O3. The molecule has 0 heterocycles. The standard InChI is InChI=1S/C25H26N4O3/c1-16-13-17(2)23(18(3)14-16)29-22(30)15-26-24(31)19-9-11-21(12-10-19)28-25(32)27-20-7-5-4-6-8-20/h4-14H,15H2,1-3H3,(H,26,31)(H,29,30)(H2,27,28,32). The predicted octanol–water partition coefficient (Wildman–Crippen LogP) is 4.62. The number of rotatable bonds is 6. The van der Waals surface area contributed by atoms with Gasteiger partial charge in [-0.25, -0.2) is 4.79 Å². The van der Waals surface area contributed by atoms with Crippen molar-refractivity contribution in [1.29, 1.82) is 0 Å². The molecule has 0 aromatic heterocycles. The fraction of sp³-hybridized carbons (Fsp3) is 0.160. The van der Waals surface area contributed by atoms with Crippen molar-refractivity contribution in [3.63, 3.8) is 0 Å². The highest BCUT2D eigenvalue weighted by Gasteiger charge is 2.11. The van der Waals surface area contributed by atoms with Gasteiger partial charge in [0.25, 0.3) is 5.91 Å². The van der Waals surface area contributed by atoms with Gasteiger partial charge in [-0.1, -0.05) is 35.9 Å². The Morgan fingerprint density at radius 1 is 0.719 bits per heavy atom. The minimum absolute atomic E-state index is 0.148. The quantitative estimate of drug-likeness (QED) is 0.459. The number of hydrogen-bond acceptors (Lipinski definition) is 3. The molecule has 0 aliphatic carbocycles. The van der Waals surface area contributed by atoms with Gasteiger partial charge in [0.2, 0.25) is 5.91 Å². The Labute approximate surface area is 187 Å². The van der Waals surface area contributed by atoms with E-state index in [1.54, 1.807) is 36.4 Å². The Morgan fingerprint density at radius 3 is 1.88 bits per heavy atom. The maximum atomic E-state index is 12.4. The monoisotopic (exact) mass is 430 g/mol. The van der Waals surface area contributed by atoms with E-state index in [4.69, 9.17) is 0 Å². The average Bonchev–Trinajstić information content (AvgIpc) is 2.75. The number of amides is 4. The summed E-state index contributed by atoms with van der Waals surface area (Å²) in [5.74, 6) is -0.679. The number of urea groups is 1. The summed E-state index contributed by atoms with van der Waals surface area (Å²) < 4.78 is 0. The molecule has 0 saturated carbocycles. The van der Waals surface area contributed by atoms with Crippen molar-refractivity contribution in [2.75, 3.05) is 22.5 Å². The SMILES string of the molecule is Cc1cc(C)c(NC(=O)CNC(=O)c2ccc(NC(=O)Nc3ccccc3)cc2)c(C)c1. The summed E-state index contributed by atoms with van der Waals surface area (Å²) >= 11 is 0. The number of anilines is 3. The van der Waals surface area contributed by atoms with Crippen LogP contribution in [0.3, 0.4) is 0 Å². The molecule has 0 radical (unpaired) electrons. The smallest absolute Gasteiger partial charge is 0.323 e. The first-order valence-corrected chi connectivity index (χ1v) is 10.2. The van der Waals surface area contributed by atoms with Crippen molar-refractivity contribution >= 4 is 34.9 Å². The molecule has 3 aromatic rings. The minimum Gasteiger partial charge on any atom is -0.343 e. The van der Waals surface area contributed by atoms with Gasteiger partial charge < -0.3 is 21.3 Å². The number of hydrogen-bond donors (Lipinski definition) is 4. The fourth-order valence-corrected chi connectivity index (χ4v) is 3.34. The van der Waals surface area contributed by atoms with Gasteiger partial charge in [-0.3, -0.25) is 9.59 Å². The summed E-state index contributed by atoms with van der Waals surface area (Å²) in [6, 6.07) is 19.1. The van der Waals surface area contributed by atoms with Gasteiger partial charge >= 0.3 is 6.03 Å². The van der Waals surface area contributed by atoms with Gasteiger partial charge in [0, 0.05) is 22.6 Å². The fourth-order valence-electron chi connectivity index (χ4n) is 3.34.